The van der Waals surface area contributed by atoms with Gasteiger partial charge < -0.3 is 9.64 Å². The summed E-state index contributed by atoms with van der Waals surface area (Å²) in [6.07, 6.45) is 6.96. The molecule has 1 N–H and O–H groups in total. The monoisotopic (exact) mass is 630 g/mol. The summed E-state index contributed by atoms with van der Waals surface area (Å²) >= 11 is 0. The fourth-order valence-corrected chi connectivity index (χ4v) is 7.04. The Morgan fingerprint density at radius 3 is 2.17 bits per heavy atom. The molecule has 4 aromatic carbocycles. The highest BCUT2D eigenvalue weighted by Gasteiger charge is 2.42. The minimum Gasteiger partial charge on any atom is -0.462 e. The zero-order valence-electron chi connectivity index (χ0n) is 25.2. The normalized spacial score (nSPS) is 17.1. The van der Waals surface area contributed by atoms with E-state index in [0.717, 1.165) is 58.5 Å². The number of carbonyl (C=O) groups is 1. The average Bonchev–Trinajstić information content (AvgIpc) is 3.66. The van der Waals surface area contributed by atoms with Crippen molar-refractivity contribution in [1.29, 1.82) is 5.26 Å². The number of hydrogen-bond acceptors (Lipinski definition) is 6. The Balaban J connectivity index is 1.25. The van der Waals surface area contributed by atoms with E-state index in [0.29, 0.717) is 12.0 Å². The van der Waals surface area contributed by atoms with E-state index in [9.17, 15) is 18.5 Å². The molecule has 1 heterocycles. The number of fused-ring (bicyclic) bond motifs is 3. The fraction of sp³-hybridized carbons (Fsp3) is 0.211. The Labute approximate surface area is 269 Å². The molecule has 46 heavy (non-hydrogen) atoms. The first-order valence-corrected chi connectivity index (χ1v) is 17.0. The Morgan fingerprint density at radius 1 is 0.891 bits per heavy atom. The van der Waals surface area contributed by atoms with E-state index in [1.54, 1.807) is 0 Å². The number of nitriles is 1. The number of hydrogen-bond donors (Lipinski definition) is 1. The van der Waals surface area contributed by atoms with Gasteiger partial charge in [0.25, 0.3) is 10.1 Å². The Kier molecular flexibility index (Phi) is 9.16. The predicted octanol–water partition coefficient (Wildman–Crippen LogP) is 7.79. The van der Waals surface area contributed by atoms with E-state index in [-0.39, 0.29) is 18.6 Å². The summed E-state index contributed by atoms with van der Waals surface area (Å²) in [7, 11) is -4.14. The molecule has 2 atom stereocenters. The van der Waals surface area contributed by atoms with Crippen molar-refractivity contribution in [3.05, 3.63) is 137 Å². The van der Waals surface area contributed by atoms with Gasteiger partial charge in [-0.3, -0.25) is 4.55 Å². The van der Waals surface area contributed by atoms with Crippen molar-refractivity contribution in [1.82, 2.24) is 0 Å². The lowest BCUT2D eigenvalue weighted by atomic mass is 9.95. The van der Waals surface area contributed by atoms with Gasteiger partial charge in [0.2, 0.25) is 0 Å². The Hall–Kier alpha value is -4.97. The van der Waals surface area contributed by atoms with E-state index >= 15 is 0 Å². The number of anilines is 2. The molecule has 1 fully saturated rings. The lowest BCUT2D eigenvalue weighted by Gasteiger charge is -2.27. The van der Waals surface area contributed by atoms with Crippen LogP contribution in [0.3, 0.4) is 0 Å². The van der Waals surface area contributed by atoms with Crippen molar-refractivity contribution in [2.75, 3.05) is 17.3 Å². The topological polar surface area (TPSA) is 108 Å². The van der Waals surface area contributed by atoms with Gasteiger partial charge in [-0.2, -0.15) is 13.7 Å². The molecule has 0 aromatic heterocycles. The maximum absolute atomic E-state index is 12.5. The van der Waals surface area contributed by atoms with Crippen LogP contribution in [0.5, 0.6) is 0 Å². The number of nitrogens with zero attached hydrogens (tertiary/aromatic N) is 2. The van der Waals surface area contributed by atoms with Crippen LogP contribution in [0.2, 0.25) is 0 Å². The molecular weight excluding hydrogens is 596 g/mol. The highest BCUT2D eigenvalue weighted by Crippen LogP contribution is 2.52. The second-order valence-electron chi connectivity index (χ2n) is 11.6. The van der Waals surface area contributed by atoms with Crippen LogP contribution < -0.4 is 4.90 Å². The number of rotatable bonds is 10. The zero-order valence-corrected chi connectivity index (χ0v) is 26.1. The third kappa shape index (κ3) is 6.96. The maximum Gasteiger partial charge on any atom is 0.348 e. The molecule has 1 aliphatic heterocycles. The summed E-state index contributed by atoms with van der Waals surface area (Å²) in [4.78, 5) is 14.9. The number of carbonyl (C=O) groups excluding carboxylic acids is 1. The predicted molar refractivity (Wildman–Crippen MR) is 181 cm³/mol. The van der Waals surface area contributed by atoms with E-state index in [1.807, 2.05) is 24.3 Å². The highest BCUT2D eigenvalue weighted by atomic mass is 32.2. The van der Waals surface area contributed by atoms with Crippen molar-refractivity contribution >= 4 is 45.2 Å². The largest absolute Gasteiger partial charge is 0.462 e. The molecule has 2 unspecified atom stereocenters. The molecule has 232 valence electrons. The summed E-state index contributed by atoms with van der Waals surface area (Å²) in [6.45, 7) is -0.213. The molecule has 1 saturated carbocycles. The summed E-state index contributed by atoms with van der Waals surface area (Å²) < 4.78 is 35.7. The summed E-state index contributed by atoms with van der Waals surface area (Å²) in [5, 5.41) is 9.62. The van der Waals surface area contributed by atoms with Gasteiger partial charge in [0.1, 0.15) is 11.6 Å². The van der Waals surface area contributed by atoms with Crippen molar-refractivity contribution in [3.63, 3.8) is 0 Å². The second-order valence-corrected chi connectivity index (χ2v) is 13.2. The lowest BCUT2D eigenvalue weighted by molar-refractivity contribution is -0.138. The van der Waals surface area contributed by atoms with Crippen LogP contribution in [0.1, 0.15) is 59.4 Å². The van der Waals surface area contributed by atoms with Crippen molar-refractivity contribution in [2.45, 2.75) is 37.6 Å². The molecule has 7 nitrogen and oxygen atoms in total. The van der Waals surface area contributed by atoms with E-state index in [1.165, 1.54) is 11.6 Å². The molecule has 1 aliphatic carbocycles. The second kappa shape index (κ2) is 13.6. The van der Waals surface area contributed by atoms with Crippen molar-refractivity contribution in [3.8, 4) is 6.07 Å². The first kappa shape index (κ1) is 31.0. The first-order chi connectivity index (χ1) is 22.3. The zero-order chi connectivity index (χ0) is 32.1. The summed E-state index contributed by atoms with van der Waals surface area (Å²) in [5.41, 5.74) is 8.63. The Bertz CT molecular complexity index is 1890. The van der Waals surface area contributed by atoms with E-state index < -0.39 is 21.8 Å². The average molecular weight is 631 g/mol. The molecule has 4 aromatic rings. The van der Waals surface area contributed by atoms with E-state index in [4.69, 9.17) is 9.29 Å². The lowest BCUT2D eigenvalue weighted by Crippen LogP contribution is -2.26. The molecule has 0 amide bonds. The molecule has 8 heteroatoms. The third-order valence-electron chi connectivity index (χ3n) is 8.60. The minimum atomic E-state index is -4.14. The minimum absolute atomic E-state index is 0.0560. The van der Waals surface area contributed by atoms with Gasteiger partial charge in [0.15, 0.2) is 0 Å². The third-order valence-corrected chi connectivity index (χ3v) is 9.41. The van der Waals surface area contributed by atoms with Crippen LogP contribution in [0.25, 0.3) is 17.7 Å². The van der Waals surface area contributed by atoms with Crippen molar-refractivity contribution < 1.29 is 22.5 Å². The molecule has 6 rings (SSSR count). The summed E-state index contributed by atoms with van der Waals surface area (Å²) in [6, 6.07) is 37.8. The molecule has 0 saturated heterocycles. The smallest absolute Gasteiger partial charge is 0.348 e. The molecule has 0 bridgehead atoms. The van der Waals surface area contributed by atoms with Gasteiger partial charge in [-0.25, -0.2) is 4.79 Å². The van der Waals surface area contributed by atoms with Crippen LogP contribution in [0, 0.1) is 11.3 Å². The van der Waals surface area contributed by atoms with Crippen LogP contribution in [0.15, 0.2) is 109 Å². The van der Waals surface area contributed by atoms with Gasteiger partial charge in [0.05, 0.1) is 12.4 Å². The summed E-state index contributed by atoms with van der Waals surface area (Å²) in [5.74, 6) is -0.989. The number of esters is 1. The molecular formula is C38H34N2O5S. The van der Waals surface area contributed by atoms with Gasteiger partial charge in [-0.05, 0) is 89.1 Å². The first-order valence-electron chi connectivity index (χ1n) is 15.4. The van der Waals surface area contributed by atoms with Gasteiger partial charge in [0, 0.05) is 23.3 Å². The highest BCUT2D eigenvalue weighted by molar-refractivity contribution is 7.85. The van der Waals surface area contributed by atoms with E-state index in [2.05, 4.69) is 95.9 Å². The van der Waals surface area contributed by atoms with Gasteiger partial charge in [-0.15, -0.1) is 0 Å². The number of benzene rings is 4. The Morgan fingerprint density at radius 2 is 1.54 bits per heavy atom. The van der Waals surface area contributed by atoms with Gasteiger partial charge >= 0.3 is 5.97 Å². The standard InChI is InChI=1S/C38H34N2O5S/c39-26-31(38(41)45-21-8-22-46(42,43)44)23-28-17-20-37-35(25-28)33-13-7-14-36(33)40(37)32-18-15-27(16-19-32)24-34(29-9-3-1-4-10-29)30-11-5-2-6-12-30/h1-6,9-12,15-20,23-25,33,36H,7-8,13-14,21-22H2,(H,42,43,44)/b31-23+. The molecule has 0 spiro atoms. The van der Waals surface area contributed by atoms with Crippen LogP contribution in [0.4, 0.5) is 11.4 Å². The number of ether oxygens (including phenoxy) is 1. The van der Waals surface area contributed by atoms with Crippen LogP contribution >= 0.6 is 0 Å². The SMILES string of the molecule is N#C/C(=C\c1ccc2c(c1)C1CCCC1N2c1ccc(C=C(c2ccccc2)c2ccccc2)cc1)C(=O)OCCCS(=O)(=O)O. The quantitative estimate of drug-likeness (QED) is 0.0476. The molecule has 0 radical (unpaired) electrons. The van der Waals surface area contributed by atoms with Gasteiger partial charge in [-0.1, -0.05) is 85.3 Å². The van der Waals surface area contributed by atoms with Crippen molar-refractivity contribution in [2.24, 2.45) is 0 Å². The van der Waals surface area contributed by atoms with Crippen LogP contribution in [-0.4, -0.2) is 37.3 Å². The molecule has 2 aliphatic rings. The van der Waals surface area contributed by atoms with Crippen LogP contribution in [-0.2, 0) is 19.6 Å². The maximum atomic E-state index is 12.5. The fourth-order valence-electron chi connectivity index (χ4n) is 6.55.